The number of fused-ring (bicyclic) bond motifs is 5. The molecule has 0 radical (unpaired) electrons. The van der Waals surface area contributed by atoms with E-state index in [1.807, 2.05) is 72.4 Å². The highest BCUT2D eigenvalue weighted by atomic mass is 32.1. The van der Waals surface area contributed by atoms with Gasteiger partial charge in [-0.1, -0.05) is 62.4 Å². The van der Waals surface area contributed by atoms with E-state index in [-0.39, 0.29) is 22.9 Å². The molecule has 0 saturated carbocycles. The molecular formula is C39H35FN2O3S. The molecule has 3 aliphatic rings. The zero-order valence-electron chi connectivity index (χ0n) is 25.8. The molecular weight excluding hydrogens is 596 g/mol. The Bertz CT molecular complexity index is 1960. The zero-order chi connectivity index (χ0) is 32.1. The van der Waals surface area contributed by atoms with Crippen LogP contribution in [0, 0.1) is 11.7 Å². The Balaban J connectivity index is 0.000000471. The number of nitrogens with one attached hydrogen (secondary N) is 2. The molecule has 2 heterocycles. The van der Waals surface area contributed by atoms with E-state index in [1.165, 1.54) is 17.7 Å². The van der Waals surface area contributed by atoms with Crippen LogP contribution >= 0.6 is 11.3 Å². The molecule has 2 N–H and O–H groups in total. The van der Waals surface area contributed by atoms with Crippen LogP contribution in [0.3, 0.4) is 0 Å². The fourth-order valence-electron chi connectivity index (χ4n) is 6.18. The first kappa shape index (κ1) is 31.0. The van der Waals surface area contributed by atoms with Gasteiger partial charge in [-0.3, -0.25) is 4.79 Å². The highest BCUT2D eigenvalue weighted by Crippen LogP contribution is 2.35. The maximum Gasteiger partial charge on any atom is 0.412 e. The molecule has 7 rings (SSSR count). The SMILES string of the molecule is C1=CC=CNC=C1.CC1(C)CC(C(=O)c2ccc(F)cc2)C=c2c1ccc1c2=CCc2cc(OC(=O)NCc3cccs3)ccc2-1. The molecule has 0 fully saturated rings. The van der Waals surface area contributed by atoms with E-state index in [4.69, 9.17) is 4.74 Å². The average Bonchev–Trinajstić information content (AvgIpc) is 3.40. The minimum Gasteiger partial charge on any atom is -0.410 e. The van der Waals surface area contributed by atoms with Crippen molar-refractivity contribution in [1.29, 1.82) is 0 Å². The average molecular weight is 631 g/mol. The Hall–Kier alpha value is -5.01. The Kier molecular flexibility index (Phi) is 9.13. The quantitative estimate of drug-likeness (QED) is 0.227. The first-order valence-electron chi connectivity index (χ1n) is 15.3. The van der Waals surface area contributed by atoms with Gasteiger partial charge in [0.25, 0.3) is 0 Å². The summed E-state index contributed by atoms with van der Waals surface area (Å²) in [5.41, 5.74) is 4.85. The second kappa shape index (κ2) is 13.5. The molecule has 1 amide bonds. The molecule has 0 spiro atoms. The monoisotopic (exact) mass is 630 g/mol. The van der Waals surface area contributed by atoms with Crippen molar-refractivity contribution in [2.45, 2.75) is 38.6 Å². The molecule has 5 nitrogen and oxygen atoms in total. The summed E-state index contributed by atoms with van der Waals surface area (Å²) in [5.74, 6) is -0.117. The summed E-state index contributed by atoms with van der Waals surface area (Å²) in [5, 5.41) is 9.92. The van der Waals surface area contributed by atoms with Crippen LogP contribution in [0.4, 0.5) is 9.18 Å². The normalized spacial score (nSPS) is 16.5. The van der Waals surface area contributed by atoms with Gasteiger partial charge in [-0.2, -0.15) is 0 Å². The van der Waals surface area contributed by atoms with E-state index in [0.717, 1.165) is 32.0 Å². The number of hydrogen-bond acceptors (Lipinski definition) is 5. The van der Waals surface area contributed by atoms with E-state index in [1.54, 1.807) is 23.5 Å². The minimum atomic E-state index is -0.480. The molecule has 2 aliphatic carbocycles. The zero-order valence-corrected chi connectivity index (χ0v) is 26.6. The van der Waals surface area contributed by atoms with Crippen molar-refractivity contribution >= 4 is 35.4 Å². The number of Topliss-reactive ketones (excluding diaryl/α,β-unsaturated/α-hetero) is 1. The summed E-state index contributed by atoms with van der Waals surface area (Å²) in [7, 11) is 0. The van der Waals surface area contributed by atoms with Crippen LogP contribution in [0.25, 0.3) is 23.3 Å². The predicted octanol–water partition coefficient (Wildman–Crippen LogP) is 7.31. The van der Waals surface area contributed by atoms with E-state index in [0.29, 0.717) is 30.7 Å². The second-order valence-electron chi connectivity index (χ2n) is 12.0. The highest BCUT2D eigenvalue weighted by Gasteiger charge is 2.34. The Morgan fingerprint density at radius 3 is 2.46 bits per heavy atom. The molecule has 46 heavy (non-hydrogen) atoms. The molecule has 1 unspecified atom stereocenters. The molecule has 232 valence electrons. The number of amides is 1. The summed E-state index contributed by atoms with van der Waals surface area (Å²) in [6, 6.07) is 19.8. The number of allylic oxidation sites excluding steroid dienone is 4. The van der Waals surface area contributed by atoms with Crippen molar-refractivity contribution in [3.8, 4) is 16.9 Å². The first-order valence-corrected chi connectivity index (χ1v) is 16.2. The third kappa shape index (κ3) is 6.95. The van der Waals surface area contributed by atoms with Gasteiger partial charge in [0.1, 0.15) is 11.6 Å². The molecule has 7 heteroatoms. The van der Waals surface area contributed by atoms with Gasteiger partial charge in [-0.15, -0.1) is 11.3 Å². The molecule has 1 aromatic heterocycles. The summed E-state index contributed by atoms with van der Waals surface area (Å²) < 4.78 is 19.0. The van der Waals surface area contributed by atoms with Gasteiger partial charge in [-0.05, 0) is 111 Å². The maximum atomic E-state index is 13.4. The van der Waals surface area contributed by atoms with E-state index in [9.17, 15) is 14.0 Å². The van der Waals surface area contributed by atoms with E-state index in [2.05, 4.69) is 48.8 Å². The topological polar surface area (TPSA) is 67.4 Å². The van der Waals surface area contributed by atoms with Gasteiger partial charge in [0.2, 0.25) is 0 Å². The standard InChI is InChI=1S/C33H28FNO3S.C6H7N/c1-33(2)18-22(31(36)20-5-8-23(34)9-6-20)17-29-28-11-7-21-16-24(10-12-26(21)27(28)13-14-30(29)33)38-32(37)35-19-25-4-3-15-39-25;1-2-4-6-7-5-3-1/h3-6,8-17,22H,7,18-19H2,1-2H3,(H,35,37);1-7H. The van der Waals surface area contributed by atoms with Crippen molar-refractivity contribution < 1.29 is 18.7 Å². The Labute approximate surface area is 272 Å². The van der Waals surface area contributed by atoms with Gasteiger partial charge in [0.15, 0.2) is 5.78 Å². The van der Waals surface area contributed by atoms with Crippen LogP contribution < -0.4 is 25.8 Å². The summed E-state index contributed by atoms with van der Waals surface area (Å²) in [4.78, 5) is 26.8. The lowest BCUT2D eigenvalue weighted by Gasteiger charge is -2.34. The van der Waals surface area contributed by atoms with Crippen molar-refractivity contribution in [3.05, 3.63) is 147 Å². The van der Waals surface area contributed by atoms with Crippen molar-refractivity contribution in [1.82, 2.24) is 10.6 Å². The number of carbonyl (C=O) groups excluding carboxylic acids is 2. The number of carbonyl (C=O) groups is 2. The fraction of sp³-hybridized carbons (Fsp3) is 0.179. The van der Waals surface area contributed by atoms with Crippen LogP contribution in [-0.2, 0) is 18.4 Å². The predicted molar refractivity (Wildman–Crippen MR) is 183 cm³/mol. The molecule has 0 saturated heterocycles. The van der Waals surface area contributed by atoms with E-state index < -0.39 is 6.09 Å². The molecule has 1 aliphatic heterocycles. The lowest BCUT2D eigenvalue weighted by atomic mass is 9.69. The van der Waals surface area contributed by atoms with Crippen LogP contribution in [0.2, 0.25) is 0 Å². The smallest absolute Gasteiger partial charge is 0.410 e. The summed E-state index contributed by atoms with van der Waals surface area (Å²) in [6.07, 6.45) is 16.8. The lowest BCUT2D eigenvalue weighted by Crippen LogP contribution is -2.43. The Morgan fingerprint density at radius 2 is 1.72 bits per heavy atom. The number of thiophene rings is 1. The van der Waals surface area contributed by atoms with Gasteiger partial charge < -0.3 is 15.4 Å². The van der Waals surface area contributed by atoms with Gasteiger partial charge in [0, 0.05) is 28.8 Å². The van der Waals surface area contributed by atoms with Gasteiger partial charge in [-0.25, -0.2) is 9.18 Å². The number of ketones is 1. The summed E-state index contributed by atoms with van der Waals surface area (Å²) in [6.45, 7) is 4.80. The molecule has 1 atom stereocenters. The number of rotatable bonds is 5. The van der Waals surface area contributed by atoms with Gasteiger partial charge in [0.05, 0.1) is 6.54 Å². The van der Waals surface area contributed by atoms with Gasteiger partial charge >= 0.3 is 6.09 Å². The van der Waals surface area contributed by atoms with Crippen LogP contribution in [0.15, 0.2) is 109 Å². The molecule has 3 aromatic carbocycles. The van der Waals surface area contributed by atoms with Crippen LogP contribution in [-0.4, -0.2) is 11.9 Å². The van der Waals surface area contributed by atoms with Crippen molar-refractivity contribution in [3.63, 3.8) is 0 Å². The number of benzene rings is 3. The first-order chi connectivity index (χ1) is 22.3. The molecule has 0 bridgehead atoms. The third-order valence-corrected chi connectivity index (χ3v) is 9.27. The number of hydrogen-bond donors (Lipinski definition) is 2. The van der Waals surface area contributed by atoms with Crippen molar-refractivity contribution in [2.75, 3.05) is 0 Å². The Morgan fingerprint density at radius 1 is 0.957 bits per heavy atom. The minimum absolute atomic E-state index is 0.0154. The van der Waals surface area contributed by atoms with Crippen LogP contribution in [0.1, 0.15) is 46.6 Å². The highest BCUT2D eigenvalue weighted by molar-refractivity contribution is 7.09. The number of halogens is 1. The lowest BCUT2D eigenvalue weighted by molar-refractivity contribution is 0.0933. The maximum absolute atomic E-state index is 13.4. The molecule has 4 aromatic rings. The largest absolute Gasteiger partial charge is 0.412 e. The summed E-state index contributed by atoms with van der Waals surface area (Å²) >= 11 is 1.58. The van der Waals surface area contributed by atoms with Crippen molar-refractivity contribution in [2.24, 2.45) is 5.92 Å². The second-order valence-corrected chi connectivity index (χ2v) is 13.1. The van der Waals surface area contributed by atoms with Crippen LogP contribution in [0.5, 0.6) is 5.75 Å². The van der Waals surface area contributed by atoms with E-state index >= 15 is 0 Å². The fourth-order valence-corrected chi connectivity index (χ4v) is 6.82. The third-order valence-electron chi connectivity index (χ3n) is 8.39. The number of ether oxygens (including phenoxy) is 1.